The molecule has 1 atom stereocenters. The van der Waals surface area contributed by atoms with Crippen molar-refractivity contribution in [2.24, 2.45) is 0 Å². The van der Waals surface area contributed by atoms with E-state index in [9.17, 15) is 14.4 Å². The van der Waals surface area contributed by atoms with Gasteiger partial charge in [-0.25, -0.2) is 9.59 Å². The molecule has 0 aromatic heterocycles. The number of nitrogens with one attached hydrogen (secondary N) is 1. The lowest BCUT2D eigenvalue weighted by Crippen LogP contribution is -2.43. The molecule has 8 heteroatoms. The third kappa shape index (κ3) is 6.60. The average Bonchev–Trinajstić information content (AvgIpc) is 2.20. The second-order valence-electron chi connectivity index (χ2n) is 2.69. The highest BCUT2D eigenvalue weighted by atomic mass is 16.6. The van der Waals surface area contributed by atoms with Crippen molar-refractivity contribution < 1.29 is 34.1 Å². The van der Waals surface area contributed by atoms with E-state index in [1.54, 1.807) is 0 Å². The van der Waals surface area contributed by atoms with E-state index in [2.05, 4.69) is 9.47 Å². The molecule has 0 spiro atoms. The lowest BCUT2D eigenvalue weighted by atomic mass is 10.3. The van der Waals surface area contributed by atoms with Crippen LogP contribution in [0.4, 0.5) is 4.79 Å². The van der Waals surface area contributed by atoms with E-state index >= 15 is 0 Å². The molecular formula is C8H13NO7. The Morgan fingerprint density at radius 1 is 1.25 bits per heavy atom. The minimum atomic E-state index is -1.42. The number of carbonyl (C=O) groups excluding carboxylic acids is 2. The molecular weight excluding hydrogens is 222 g/mol. The van der Waals surface area contributed by atoms with Crippen LogP contribution >= 0.6 is 0 Å². The van der Waals surface area contributed by atoms with E-state index in [1.165, 1.54) is 6.92 Å². The number of ether oxygens (including phenoxy) is 2. The smallest absolute Gasteiger partial charge is 0.408 e. The third-order valence-electron chi connectivity index (χ3n) is 1.39. The number of aliphatic hydroxyl groups excluding tert-OH is 1. The van der Waals surface area contributed by atoms with Crippen molar-refractivity contribution in [1.29, 1.82) is 0 Å². The number of hydrogen-bond acceptors (Lipinski definition) is 6. The van der Waals surface area contributed by atoms with Gasteiger partial charge in [-0.05, 0) is 0 Å². The van der Waals surface area contributed by atoms with Gasteiger partial charge in [0.15, 0.2) is 6.04 Å². The molecule has 16 heavy (non-hydrogen) atoms. The minimum absolute atomic E-state index is 0.111. The maximum absolute atomic E-state index is 10.9. The molecule has 0 aliphatic carbocycles. The van der Waals surface area contributed by atoms with Crippen molar-refractivity contribution in [3.8, 4) is 0 Å². The first-order valence-electron chi connectivity index (χ1n) is 4.37. The maximum atomic E-state index is 10.9. The summed E-state index contributed by atoms with van der Waals surface area (Å²) in [5.74, 6) is -1.89. The monoisotopic (exact) mass is 235 g/mol. The van der Waals surface area contributed by atoms with Crippen LogP contribution in [0.3, 0.4) is 0 Å². The second kappa shape index (κ2) is 7.46. The van der Waals surface area contributed by atoms with Crippen LogP contribution in [-0.4, -0.2) is 54.1 Å². The lowest BCUT2D eigenvalue weighted by molar-refractivity contribution is -0.142. The Morgan fingerprint density at radius 2 is 1.81 bits per heavy atom. The van der Waals surface area contributed by atoms with Crippen LogP contribution in [0.1, 0.15) is 6.92 Å². The summed E-state index contributed by atoms with van der Waals surface area (Å²) in [6, 6.07) is -1.42. The molecule has 0 fully saturated rings. The maximum Gasteiger partial charge on any atom is 0.408 e. The highest BCUT2D eigenvalue weighted by molar-refractivity contribution is 5.79. The number of aliphatic hydroxyl groups is 1. The van der Waals surface area contributed by atoms with Gasteiger partial charge in [-0.3, -0.25) is 4.79 Å². The first-order chi connectivity index (χ1) is 7.47. The standard InChI is InChI=1S/C8H13NO7/c1-5(11)15-2-3-16-8(14)9-6(4-10)7(12)13/h6,10H,2-4H2,1H3,(H,9,14)(H,12,13)/t6-/m0/s1. The van der Waals surface area contributed by atoms with Crippen LogP contribution in [0.2, 0.25) is 0 Å². The normalized spacial score (nSPS) is 11.4. The summed E-state index contributed by atoms with van der Waals surface area (Å²) >= 11 is 0. The van der Waals surface area contributed by atoms with Crippen LogP contribution in [0.15, 0.2) is 0 Å². The number of carbonyl (C=O) groups is 3. The molecule has 0 aromatic rings. The van der Waals surface area contributed by atoms with Gasteiger partial charge in [0, 0.05) is 6.92 Å². The van der Waals surface area contributed by atoms with Crippen molar-refractivity contribution in [1.82, 2.24) is 5.32 Å². The molecule has 0 saturated carbocycles. The largest absolute Gasteiger partial charge is 0.480 e. The molecule has 0 unspecified atom stereocenters. The van der Waals surface area contributed by atoms with Gasteiger partial charge in [0.05, 0.1) is 6.61 Å². The molecule has 0 rings (SSSR count). The Kier molecular flexibility index (Phi) is 6.61. The van der Waals surface area contributed by atoms with E-state index in [0.717, 1.165) is 0 Å². The molecule has 0 bridgehead atoms. The summed E-state index contributed by atoms with van der Waals surface area (Å²) in [5, 5.41) is 18.9. The quantitative estimate of drug-likeness (QED) is 0.387. The van der Waals surface area contributed by atoms with Gasteiger partial charge in [-0.1, -0.05) is 0 Å². The number of rotatable bonds is 6. The third-order valence-corrected chi connectivity index (χ3v) is 1.39. The van der Waals surface area contributed by atoms with Crippen LogP contribution < -0.4 is 5.32 Å². The van der Waals surface area contributed by atoms with Crippen LogP contribution in [-0.2, 0) is 19.1 Å². The number of alkyl carbamates (subject to hydrolysis) is 1. The van der Waals surface area contributed by atoms with Crippen molar-refractivity contribution in [3.63, 3.8) is 0 Å². The number of carboxylic acid groups (broad SMARTS) is 1. The van der Waals surface area contributed by atoms with Crippen molar-refractivity contribution >= 4 is 18.0 Å². The predicted molar refractivity (Wildman–Crippen MR) is 49.6 cm³/mol. The summed E-state index contributed by atoms with van der Waals surface area (Å²) in [6.07, 6.45) is -1.01. The molecule has 3 N–H and O–H groups in total. The van der Waals surface area contributed by atoms with Gasteiger partial charge in [-0.2, -0.15) is 0 Å². The SMILES string of the molecule is CC(=O)OCCOC(=O)N[C@@H](CO)C(=O)O. The Morgan fingerprint density at radius 3 is 2.25 bits per heavy atom. The zero-order chi connectivity index (χ0) is 12.6. The first kappa shape index (κ1) is 14.2. The van der Waals surface area contributed by atoms with Gasteiger partial charge < -0.3 is 25.0 Å². The van der Waals surface area contributed by atoms with E-state index in [1.807, 2.05) is 5.32 Å². The van der Waals surface area contributed by atoms with Gasteiger partial charge in [0.25, 0.3) is 0 Å². The summed E-state index contributed by atoms with van der Waals surface area (Å²) < 4.78 is 8.93. The Bertz CT molecular complexity index is 265. The van der Waals surface area contributed by atoms with Crippen LogP contribution in [0.25, 0.3) is 0 Å². The summed E-state index contributed by atoms with van der Waals surface area (Å²) in [6.45, 7) is 0.156. The fourth-order valence-electron chi connectivity index (χ4n) is 0.689. The van der Waals surface area contributed by atoms with E-state index < -0.39 is 30.7 Å². The number of amides is 1. The number of aliphatic carboxylic acids is 1. The van der Waals surface area contributed by atoms with Crippen LogP contribution in [0.5, 0.6) is 0 Å². The molecule has 0 aliphatic heterocycles. The second-order valence-corrected chi connectivity index (χ2v) is 2.69. The number of esters is 1. The lowest BCUT2D eigenvalue weighted by Gasteiger charge is -2.11. The first-order valence-corrected chi connectivity index (χ1v) is 4.37. The highest BCUT2D eigenvalue weighted by Crippen LogP contribution is 1.86. The zero-order valence-electron chi connectivity index (χ0n) is 8.63. The van der Waals surface area contributed by atoms with E-state index in [-0.39, 0.29) is 13.2 Å². The average molecular weight is 235 g/mol. The Hall–Kier alpha value is -1.83. The topological polar surface area (TPSA) is 122 Å². The number of carboxylic acids is 1. The Balaban J connectivity index is 3.73. The molecule has 92 valence electrons. The van der Waals surface area contributed by atoms with Gasteiger partial charge >= 0.3 is 18.0 Å². The zero-order valence-corrected chi connectivity index (χ0v) is 8.63. The van der Waals surface area contributed by atoms with Crippen molar-refractivity contribution in [2.45, 2.75) is 13.0 Å². The summed E-state index contributed by atoms with van der Waals surface area (Å²) in [5.41, 5.74) is 0. The molecule has 0 aliphatic rings. The van der Waals surface area contributed by atoms with Crippen molar-refractivity contribution in [2.75, 3.05) is 19.8 Å². The molecule has 0 radical (unpaired) electrons. The fourth-order valence-corrected chi connectivity index (χ4v) is 0.689. The molecule has 8 nitrogen and oxygen atoms in total. The molecule has 0 heterocycles. The minimum Gasteiger partial charge on any atom is -0.480 e. The van der Waals surface area contributed by atoms with E-state index in [4.69, 9.17) is 10.2 Å². The van der Waals surface area contributed by atoms with Gasteiger partial charge in [-0.15, -0.1) is 0 Å². The van der Waals surface area contributed by atoms with Crippen LogP contribution in [0, 0.1) is 0 Å². The number of hydrogen-bond donors (Lipinski definition) is 3. The summed E-state index contributed by atoms with van der Waals surface area (Å²) in [4.78, 5) is 31.6. The predicted octanol–water partition coefficient (Wildman–Crippen LogP) is -1.28. The van der Waals surface area contributed by atoms with Gasteiger partial charge in [0.1, 0.15) is 13.2 Å². The highest BCUT2D eigenvalue weighted by Gasteiger charge is 2.19. The Labute approximate surface area is 91.1 Å². The van der Waals surface area contributed by atoms with E-state index in [0.29, 0.717) is 0 Å². The molecule has 0 aromatic carbocycles. The molecule has 1 amide bonds. The fraction of sp³-hybridized carbons (Fsp3) is 0.625. The summed E-state index contributed by atoms with van der Waals surface area (Å²) in [7, 11) is 0. The van der Waals surface area contributed by atoms with Crippen molar-refractivity contribution in [3.05, 3.63) is 0 Å². The molecule has 0 saturated heterocycles. The van der Waals surface area contributed by atoms with Gasteiger partial charge in [0.2, 0.25) is 0 Å².